The fourth-order valence-electron chi connectivity index (χ4n) is 6.20. The molecule has 0 aliphatic carbocycles. The Balaban J connectivity index is 1.53. The van der Waals surface area contributed by atoms with E-state index in [9.17, 15) is 19.2 Å². The van der Waals surface area contributed by atoms with Gasteiger partial charge in [0.25, 0.3) is 0 Å². The van der Waals surface area contributed by atoms with Crippen molar-refractivity contribution < 1.29 is 19.2 Å². The Labute approximate surface area is 353 Å². The molecule has 0 aliphatic rings. The standard InChI is InChI=1S/C42H51Cl2N11O4/c43-31-19-18-30(24-32(31)44)29-16-12-26(13-17-29)23-36(40(59)53-34(37(46)56)8-4-20-51-41(47)48)55-39(58)35(9-5-21-52-42(49)50)54-38(57)33(45)22-25-10-14-28(15-11-25)27-6-2-1-3-7-27/h1-3,6-7,10-19,24,33-36H,4-5,8-9,20-23,45H2,(H2,46,56)(H,53,59)(H,54,57)(H,55,58)(H4,47,48,51)(H4,49,50,52)/t33-,34-,35-,36-/m0/s1. The number of rotatable bonds is 21. The van der Waals surface area contributed by atoms with E-state index in [2.05, 4.69) is 26.6 Å². The first-order chi connectivity index (χ1) is 28.2. The number of benzene rings is 4. The smallest absolute Gasteiger partial charge is 0.243 e. The van der Waals surface area contributed by atoms with E-state index in [0.717, 1.165) is 27.8 Å². The molecule has 0 heterocycles. The van der Waals surface area contributed by atoms with Crippen molar-refractivity contribution in [3.63, 3.8) is 0 Å². The monoisotopic (exact) mass is 843 g/mol. The third-order valence-electron chi connectivity index (χ3n) is 9.40. The van der Waals surface area contributed by atoms with Crippen molar-refractivity contribution in [1.82, 2.24) is 26.6 Å². The summed E-state index contributed by atoms with van der Waals surface area (Å²) in [4.78, 5) is 53.9. The highest BCUT2D eigenvalue weighted by Gasteiger charge is 2.30. The van der Waals surface area contributed by atoms with Gasteiger partial charge in [0, 0.05) is 19.5 Å². The lowest BCUT2D eigenvalue weighted by Crippen LogP contribution is -2.58. The summed E-state index contributed by atoms with van der Waals surface area (Å²) >= 11 is 12.3. The first-order valence-electron chi connectivity index (χ1n) is 19.0. The predicted octanol–water partition coefficient (Wildman–Crippen LogP) is 2.91. The molecule has 15 nitrogen and oxygen atoms in total. The molecule has 59 heavy (non-hydrogen) atoms. The van der Waals surface area contributed by atoms with Crippen molar-refractivity contribution in [2.24, 2.45) is 22.9 Å². The Bertz CT molecular complexity index is 2070. The number of amides is 4. The van der Waals surface area contributed by atoms with E-state index < -0.39 is 47.8 Å². The van der Waals surface area contributed by atoms with Gasteiger partial charge in [-0.25, -0.2) is 0 Å². The molecule has 4 amide bonds. The summed E-state index contributed by atoms with van der Waals surface area (Å²) in [7, 11) is 0. The van der Waals surface area contributed by atoms with Crippen LogP contribution in [-0.4, -0.2) is 72.8 Å². The average molecular weight is 845 g/mol. The summed E-state index contributed by atoms with van der Waals surface area (Å²) in [5.41, 5.74) is 28.0. The molecule has 0 aliphatic heterocycles. The third-order valence-corrected chi connectivity index (χ3v) is 10.1. The van der Waals surface area contributed by atoms with Crippen LogP contribution >= 0.6 is 23.2 Å². The zero-order valence-electron chi connectivity index (χ0n) is 32.4. The van der Waals surface area contributed by atoms with Crippen LogP contribution in [0.15, 0.2) is 97.1 Å². The molecule has 0 spiro atoms. The van der Waals surface area contributed by atoms with Gasteiger partial charge < -0.3 is 49.5 Å². The molecule has 4 rings (SSSR count). The van der Waals surface area contributed by atoms with Gasteiger partial charge in [-0.1, -0.05) is 108 Å². The Morgan fingerprint density at radius 1 is 0.542 bits per heavy atom. The fourth-order valence-corrected chi connectivity index (χ4v) is 6.50. The second-order valence-corrected chi connectivity index (χ2v) is 14.8. The first kappa shape index (κ1) is 45.5. The minimum atomic E-state index is -1.22. The lowest BCUT2D eigenvalue weighted by atomic mass is 9.99. The van der Waals surface area contributed by atoms with E-state index in [1.54, 1.807) is 24.3 Å². The number of nitrogens with one attached hydrogen (secondary N) is 7. The number of primary amides is 1. The molecule has 0 saturated heterocycles. The third kappa shape index (κ3) is 14.9. The summed E-state index contributed by atoms with van der Waals surface area (Å²) < 4.78 is 0. The summed E-state index contributed by atoms with van der Waals surface area (Å²) in [5, 5.41) is 29.2. The van der Waals surface area contributed by atoms with Gasteiger partial charge in [-0.15, -0.1) is 0 Å². The zero-order chi connectivity index (χ0) is 42.9. The van der Waals surface area contributed by atoms with Gasteiger partial charge in [0.15, 0.2) is 11.9 Å². The first-order valence-corrected chi connectivity index (χ1v) is 19.8. The number of halogens is 2. The van der Waals surface area contributed by atoms with Crippen LogP contribution in [0.3, 0.4) is 0 Å². The van der Waals surface area contributed by atoms with Crippen LogP contribution in [0.25, 0.3) is 22.3 Å². The molecule has 4 atom stereocenters. The van der Waals surface area contributed by atoms with Gasteiger partial charge in [-0.3, -0.25) is 30.0 Å². The topological polar surface area (TPSA) is 280 Å². The van der Waals surface area contributed by atoms with Crippen LogP contribution in [0.4, 0.5) is 0 Å². The largest absolute Gasteiger partial charge is 0.370 e. The number of hydrogen-bond acceptors (Lipinski definition) is 7. The maximum Gasteiger partial charge on any atom is 0.243 e. The zero-order valence-corrected chi connectivity index (χ0v) is 33.9. The highest BCUT2D eigenvalue weighted by atomic mass is 35.5. The second-order valence-electron chi connectivity index (χ2n) is 14.0. The van der Waals surface area contributed by atoms with Gasteiger partial charge in [0.2, 0.25) is 23.6 Å². The molecule has 0 radical (unpaired) electrons. The molecule has 0 saturated carbocycles. The van der Waals surface area contributed by atoms with Crippen molar-refractivity contribution >= 4 is 58.7 Å². The summed E-state index contributed by atoms with van der Waals surface area (Å²) in [5.74, 6) is -3.22. The molecule has 0 bridgehead atoms. The van der Waals surface area contributed by atoms with Crippen LogP contribution < -0.4 is 49.5 Å². The number of carbonyl (C=O) groups is 4. The average Bonchev–Trinajstić information content (AvgIpc) is 3.21. The summed E-state index contributed by atoms with van der Waals surface area (Å²) in [6.45, 7) is 0.504. The van der Waals surface area contributed by atoms with Crippen molar-refractivity contribution in [2.75, 3.05) is 13.1 Å². The van der Waals surface area contributed by atoms with Gasteiger partial charge in [0.1, 0.15) is 18.1 Å². The number of carbonyl (C=O) groups excluding carboxylic acids is 4. The highest BCUT2D eigenvalue weighted by Crippen LogP contribution is 2.29. The van der Waals surface area contributed by atoms with E-state index in [1.165, 1.54) is 0 Å². The minimum Gasteiger partial charge on any atom is -0.370 e. The van der Waals surface area contributed by atoms with Crippen molar-refractivity contribution in [3.05, 3.63) is 118 Å². The highest BCUT2D eigenvalue weighted by molar-refractivity contribution is 6.42. The van der Waals surface area contributed by atoms with Crippen LogP contribution in [0.1, 0.15) is 36.8 Å². The van der Waals surface area contributed by atoms with Gasteiger partial charge in [-0.2, -0.15) is 0 Å². The molecule has 0 fully saturated rings. The van der Waals surface area contributed by atoms with Crippen molar-refractivity contribution in [1.29, 1.82) is 10.8 Å². The maximum atomic E-state index is 14.1. The quantitative estimate of drug-likeness (QED) is 0.0334. The molecule has 4 aromatic rings. The van der Waals surface area contributed by atoms with Crippen molar-refractivity contribution in [2.45, 2.75) is 62.7 Å². The van der Waals surface area contributed by atoms with E-state index in [-0.39, 0.29) is 50.7 Å². The van der Waals surface area contributed by atoms with Gasteiger partial charge in [-0.05, 0) is 77.6 Å². The molecule has 4 aromatic carbocycles. The molecular weight excluding hydrogens is 793 g/mol. The van der Waals surface area contributed by atoms with Crippen LogP contribution in [0, 0.1) is 10.8 Å². The minimum absolute atomic E-state index is 0.00164. The Morgan fingerprint density at radius 2 is 1.00 bits per heavy atom. The second kappa shape index (κ2) is 22.7. The normalized spacial score (nSPS) is 12.9. The lowest BCUT2D eigenvalue weighted by molar-refractivity contribution is -0.133. The lowest BCUT2D eigenvalue weighted by Gasteiger charge is -2.26. The fraction of sp³-hybridized carbons (Fsp3) is 0.286. The molecule has 0 unspecified atom stereocenters. The molecule has 0 aromatic heterocycles. The predicted molar refractivity (Wildman–Crippen MR) is 232 cm³/mol. The van der Waals surface area contributed by atoms with E-state index >= 15 is 0 Å². The van der Waals surface area contributed by atoms with Gasteiger partial charge >= 0.3 is 0 Å². The molecule has 312 valence electrons. The van der Waals surface area contributed by atoms with Crippen LogP contribution in [-0.2, 0) is 32.0 Å². The Morgan fingerprint density at radius 3 is 1.54 bits per heavy atom. The Hall–Kier alpha value is -6.16. The molecular formula is C42H51Cl2N11O4. The maximum absolute atomic E-state index is 14.1. The van der Waals surface area contributed by atoms with Crippen LogP contribution in [0.2, 0.25) is 10.0 Å². The SMILES string of the molecule is N=C(N)NCCC[C@H](NC(=O)[C@H](Cc1ccc(-c2ccc(Cl)c(Cl)c2)cc1)NC(=O)[C@H](CCCNC(=N)N)NC(=O)[C@@H](N)Cc1ccc(-c2ccccc2)cc1)C(N)=O. The number of hydrogen-bond donors (Lipinski definition) is 11. The van der Waals surface area contributed by atoms with E-state index in [4.69, 9.17) is 57.0 Å². The molecule has 17 heteroatoms. The summed E-state index contributed by atoms with van der Waals surface area (Å²) in [6, 6.07) is 25.6. The van der Waals surface area contributed by atoms with E-state index in [0.29, 0.717) is 28.5 Å². The molecule has 15 N–H and O–H groups in total. The van der Waals surface area contributed by atoms with E-state index in [1.807, 2.05) is 72.8 Å². The Kier molecular flexibility index (Phi) is 17.5. The number of guanidine groups is 2. The number of nitrogens with two attached hydrogens (primary N) is 4. The van der Waals surface area contributed by atoms with Crippen LogP contribution in [0.5, 0.6) is 0 Å². The summed E-state index contributed by atoms with van der Waals surface area (Å²) in [6.07, 6.45) is 1.10. The van der Waals surface area contributed by atoms with Gasteiger partial charge in [0.05, 0.1) is 16.1 Å². The van der Waals surface area contributed by atoms with Crippen molar-refractivity contribution in [3.8, 4) is 22.3 Å².